The highest BCUT2D eigenvalue weighted by Gasteiger charge is 2.52. The Morgan fingerprint density at radius 2 is 1.82 bits per heavy atom. The Bertz CT molecular complexity index is 981. The van der Waals surface area contributed by atoms with Crippen molar-refractivity contribution in [3.8, 4) is 11.5 Å². The molecule has 2 aliphatic rings. The number of aliphatic carboxylic acids is 1. The molecule has 1 saturated heterocycles. The molecule has 2 aromatic carbocycles. The van der Waals surface area contributed by atoms with Crippen molar-refractivity contribution in [1.29, 1.82) is 0 Å². The lowest BCUT2D eigenvalue weighted by Gasteiger charge is -2.21. The van der Waals surface area contributed by atoms with E-state index in [-0.39, 0.29) is 12.2 Å². The Morgan fingerprint density at radius 1 is 1.09 bits per heavy atom. The standard InChI is InChI=1S/C26H31NO7/c1-31-20-10-8-19(9-11-20)26(12-13-26)25(30)27-23(24(28)29)18-5-4-6-21(17-18)32-14-3-2-7-22-33-15-16-34-22/h4-6,8-11,17,22-23H,2-3,7,12-16H2,1H3,(H,27,30)(H,28,29)/t23-/m0/s1. The number of carbonyl (C=O) groups is 2. The van der Waals surface area contributed by atoms with Gasteiger partial charge in [0.1, 0.15) is 11.5 Å². The summed E-state index contributed by atoms with van der Waals surface area (Å²) in [4.78, 5) is 25.2. The maximum atomic E-state index is 13.2. The normalized spacial score (nSPS) is 17.7. The van der Waals surface area contributed by atoms with Crippen LogP contribution in [-0.2, 0) is 24.5 Å². The van der Waals surface area contributed by atoms with Crippen molar-refractivity contribution < 1.29 is 33.6 Å². The zero-order valence-corrected chi connectivity index (χ0v) is 19.3. The van der Waals surface area contributed by atoms with Gasteiger partial charge < -0.3 is 29.4 Å². The second kappa shape index (κ2) is 10.9. The molecule has 4 rings (SSSR count). The predicted octanol–water partition coefficient (Wildman–Crippen LogP) is 3.59. The van der Waals surface area contributed by atoms with E-state index in [0.717, 1.165) is 24.8 Å². The van der Waals surface area contributed by atoms with Crippen LogP contribution in [0.2, 0.25) is 0 Å². The van der Waals surface area contributed by atoms with E-state index >= 15 is 0 Å². The van der Waals surface area contributed by atoms with Crippen LogP contribution < -0.4 is 14.8 Å². The van der Waals surface area contributed by atoms with Gasteiger partial charge in [0.25, 0.3) is 0 Å². The number of hydrogen-bond donors (Lipinski definition) is 2. The number of carboxylic acids is 1. The largest absolute Gasteiger partial charge is 0.497 e. The number of carboxylic acid groups (broad SMARTS) is 1. The van der Waals surface area contributed by atoms with Gasteiger partial charge in [0.2, 0.25) is 5.91 Å². The van der Waals surface area contributed by atoms with E-state index in [1.54, 1.807) is 31.4 Å². The highest BCUT2D eigenvalue weighted by Crippen LogP contribution is 2.49. The van der Waals surface area contributed by atoms with Gasteiger partial charge in [0.15, 0.2) is 12.3 Å². The van der Waals surface area contributed by atoms with Crippen LogP contribution >= 0.6 is 0 Å². The smallest absolute Gasteiger partial charge is 0.330 e. The molecule has 2 fully saturated rings. The number of carbonyl (C=O) groups excluding carboxylic acids is 1. The molecule has 182 valence electrons. The number of unbranched alkanes of at least 4 members (excludes halogenated alkanes) is 1. The fraction of sp³-hybridized carbons (Fsp3) is 0.462. The number of benzene rings is 2. The molecule has 1 aliphatic heterocycles. The summed E-state index contributed by atoms with van der Waals surface area (Å²) in [6.45, 7) is 1.80. The summed E-state index contributed by atoms with van der Waals surface area (Å²) in [5.41, 5.74) is 0.637. The van der Waals surface area contributed by atoms with Gasteiger partial charge in [0.05, 0.1) is 32.3 Å². The van der Waals surface area contributed by atoms with Crippen LogP contribution in [0.25, 0.3) is 0 Å². The van der Waals surface area contributed by atoms with Crippen LogP contribution in [0.5, 0.6) is 11.5 Å². The van der Waals surface area contributed by atoms with Gasteiger partial charge in [-0.1, -0.05) is 24.3 Å². The number of ether oxygens (including phenoxy) is 4. The minimum Gasteiger partial charge on any atom is -0.497 e. The molecule has 2 aromatic rings. The molecule has 0 bridgehead atoms. The third-order valence-electron chi connectivity index (χ3n) is 6.33. The lowest BCUT2D eigenvalue weighted by molar-refractivity contribution is -0.142. The molecule has 8 heteroatoms. The Kier molecular flexibility index (Phi) is 7.70. The lowest BCUT2D eigenvalue weighted by atomic mass is 9.94. The monoisotopic (exact) mass is 469 g/mol. The van der Waals surface area contributed by atoms with E-state index in [2.05, 4.69) is 5.32 Å². The van der Waals surface area contributed by atoms with Crippen molar-refractivity contribution in [3.63, 3.8) is 0 Å². The summed E-state index contributed by atoms with van der Waals surface area (Å²) in [5, 5.41) is 12.6. The van der Waals surface area contributed by atoms with Crippen LogP contribution in [0.4, 0.5) is 0 Å². The maximum absolute atomic E-state index is 13.2. The third-order valence-corrected chi connectivity index (χ3v) is 6.33. The number of methoxy groups -OCH3 is 1. The second-order valence-electron chi connectivity index (χ2n) is 8.64. The number of rotatable bonds is 12. The molecule has 34 heavy (non-hydrogen) atoms. The summed E-state index contributed by atoms with van der Waals surface area (Å²) >= 11 is 0. The van der Waals surface area contributed by atoms with Gasteiger partial charge in [-0.05, 0) is 67.5 Å². The molecule has 0 spiro atoms. The van der Waals surface area contributed by atoms with Crippen LogP contribution in [0, 0.1) is 0 Å². The Labute approximate surface area is 199 Å². The Morgan fingerprint density at radius 3 is 2.47 bits per heavy atom. The molecule has 8 nitrogen and oxygen atoms in total. The molecule has 1 atom stereocenters. The maximum Gasteiger partial charge on any atom is 0.330 e. The number of hydrogen-bond acceptors (Lipinski definition) is 6. The molecule has 0 unspecified atom stereocenters. The molecule has 1 heterocycles. The van der Waals surface area contributed by atoms with E-state index in [4.69, 9.17) is 18.9 Å². The van der Waals surface area contributed by atoms with E-state index in [1.807, 2.05) is 24.3 Å². The summed E-state index contributed by atoms with van der Waals surface area (Å²) < 4.78 is 21.9. The molecule has 2 N–H and O–H groups in total. The van der Waals surface area contributed by atoms with Gasteiger partial charge in [-0.3, -0.25) is 4.79 Å². The molecule has 0 radical (unpaired) electrons. The molecular formula is C26H31NO7. The quantitative estimate of drug-likeness (QED) is 0.458. The molecular weight excluding hydrogens is 438 g/mol. The van der Waals surface area contributed by atoms with E-state index < -0.39 is 17.4 Å². The van der Waals surface area contributed by atoms with Crippen molar-refractivity contribution >= 4 is 11.9 Å². The first-order valence-corrected chi connectivity index (χ1v) is 11.7. The highest BCUT2D eigenvalue weighted by molar-refractivity contribution is 5.94. The number of nitrogens with one attached hydrogen (secondary N) is 1. The van der Waals surface area contributed by atoms with Gasteiger partial charge in [-0.15, -0.1) is 0 Å². The molecule has 1 saturated carbocycles. The van der Waals surface area contributed by atoms with Crippen LogP contribution in [0.1, 0.15) is 49.3 Å². The molecule has 1 amide bonds. The Hall–Kier alpha value is -3.10. The first-order chi connectivity index (χ1) is 16.5. The average molecular weight is 470 g/mol. The third kappa shape index (κ3) is 5.69. The first-order valence-electron chi connectivity index (χ1n) is 11.7. The van der Waals surface area contributed by atoms with Crippen LogP contribution in [0.15, 0.2) is 48.5 Å². The van der Waals surface area contributed by atoms with Gasteiger partial charge in [-0.25, -0.2) is 4.79 Å². The fourth-order valence-electron chi connectivity index (χ4n) is 4.20. The average Bonchev–Trinajstić information content (AvgIpc) is 3.51. The van der Waals surface area contributed by atoms with Crippen molar-refractivity contribution in [2.45, 2.75) is 49.9 Å². The Balaban J connectivity index is 1.35. The van der Waals surface area contributed by atoms with Gasteiger partial charge in [0, 0.05) is 0 Å². The SMILES string of the molecule is COc1ccc(C2(C(=O)N[C@H](C(=O)O)c3cccc(OCCCCC4OCCO4)c3)CC2)cc1. The highest BCUT2D eigenvalue weighted by atomic mass is 16.7. The van der Waals surface area contributed by atoms with Crippen molar-refractivity contribution in [2.75, 3.05) is 26.9 Å². The van der Waals surface area contributed by atoms with Crippen LogP contribution in [-0.4, -0.2) is 50.2 Å². The zero-order chi connectivity index (χ0) is 24.0. The minimum absolute atomic E-state index is 0.115. The van der Waals surface area contributed by atoms with Crippen LogP contribution in [0.3, 0.4) is 0 Å². The zero-order valence-electron chi connectivity index (χ0n) is 19.3. The summed E-state index contributed by atoms with van der Waals surface area (Å²) in [6.07, 6.45) is 3.81. The first kappa shape index (κ1) is 24.0. The van der Waals surface area contributed by atoms with E-state index in [9.17, 15) is 14.7 Å². The number of amides is 1. The van der Waals surface area contributed by atoms with Crippen molar-refractivity contribution in [2.24, 2.45) is 0 Å². The topological polar surface area (TPSA) is 103 Å². The van der Waals surface area contributed by atoms with E-state index in [1.165, 1.54) is 0 Å². The van der Waals surface area contributed by atoms with Gasteiger partial charge >= 0.3 is 5.97 Å². The molecule has 0 aromatic heterocycles. The fourth-order valence-corrected chi connectivity index (χ4v) is 4.20. The van der Waals surface area contributed by atoms with Crippen molar-refractivity contribution in [1.82, 2.24) is 5.32 Å². The molecule has 1 aliphatic carbocycles. The van der Waals surface area contributed by atoms with Gasteiger partial charge in [-0.2, -0.15) is 0 Å². The summed E-state index contributed by atoms with van der Waals surface area (Å²) in [7, 11) is 1.59. The van der Waals surface area contributed by atoms with Crippen molar-refractivity contribution in [3.05, 3.63) is 59.7 Å². The summed E-state index contributed by atoms with van der Waals surface area (Å²) in [6, 6.07) is 13.1. The lowest BCUT2D eigenvalue weighted by Crippen LogP contribution is -2.40. The predicted molar refractivity (Wildman–Crippen MR) is 124 cm³/mol. The van der Waals surface area contributed by atoms with E-state index in [0.29, 0.717) is 49.7 Å². The minimum atomic E-state index is -1.16. The summed E-state index contributed by atoms with van der Waals surface area (Å²) in [5.74, 6) is -0.122. The second-order valence-corrected chi connectivity index (χ2v) is 8.64.